The number of aliphatic carboxylic acids is 1. The van der Waals surface area contributed by atoms with E-state index in [2.05, 4.69) is 58.8 Å². The number of allylic oxidation sites excluding steroid dienone is 1. The number of fused-ring (bicyclic) bond motifs is 8. The molecule has 4 fully saturated rings. The van der Waals surface area contributed by atoms with Crippen molar-refractivity contribution in [2.24, 2.45) is 56.2 Å². The third-order valence-corrected chi connectivity index (χ3v) is 16.2. The van der Waals surface area contributed by atoms with Gasteiger partial charge in [0.15, 0.2) is 5.78 Å². The summed E-state index contributed by atoms with van der Waals surface area (Å²) in [6.07, 6.45) is 10.7. The van der Waals surface area contributed by atoms with Crippen molar-refractivity contribution in [1.29, 1.82) is 0 Å². The van der Waals surface area contributed by atoms with Gasteiger partial charge in [-0.3, -0.25) is 24.2 Å². The molecule has 5 aliphatic rings. The maximum atomic E-state index is 14.8. The number of ether oxygens (including phenoxy) is 1. The number of pyridine rings is 1. The van der Waals surface area contributed by atoms with Gasteiger partial charge in [0.2, 0.25) is 5.91 Å². The normalized spacial score (nSPS) is 36.3. The number of nitrogens with one attached hydrogen (secondary N) is 1. The first-order chi connectivity index (χ1) is 24.7. The molecule has 1 amide bonds. The van der Waals surface area contributed by atoms with Gasteiger partial charge in [0, 0.05) is 28.8 Å². The van der Waals surface area contributed by atoms with Crippen LogP contribution in [0.15, 0.2) is 47.8 Å². The molecule has 4 saturated carbocycles. The molecule has 2 aromatic rings. The third-order valence-electron chi connectivity index (χ3n) is 16.2. The number of hydrogen-bond acceptors (Lipinski definition) is 6. The highest BCUT2D eigenvalue weighted by Crippen LogP contribution is 2.76. The van der Waals surface area contributed by atoms with E-state index in [9.17, 15) is 24.3 Å². The van der Waals surface area contributed by atoms with Crippen LogP contribution in [0.3, 0.4) is 0 Å². The first kappa shape index (κ1) is 37.8. The molecule has 8 nitrogen and oxygen atoms in total. The molecule has 2 N–H and O–H groups in total. The topological polar surface area (TPSA) is 123 Å². The summed E-state index contributed by atoms with van der Waals surface area (Å²) in [6, 6.07) is 7.96. The SMILES string of the molecule is CC(C)C1=C2C3CCC4[C@@]5(C)CC[C@H](OC(=O)CC(C)(C)C(=O)O)C(C)(C)C5CC[C@@]4(C)[C@]3(C)CC[C@@]2(C(=O)Nc2cncc3ccccc23)CC1=O. The molecule has 0 spiro atoms. The average molecular weight is 725 g/mol. The van der Waals surface area contributed by atoms with Crippen molar-refractivity contribution in [3.05, 3.63) is 47.8 Å². The van der Waals surface area contributed by atoms with Gasteiger partial charge in [0.25, 0.3) is 0 Å². The number of Topliss-reactive ketones (excluding diaryl/α,β-unsaturated/α-hetero) is 1. The van der Waals surface area contributed by atoms with Crippen LogP contribution in [0.2, 0.25) is 0 Å². The van der Waals surface area contributed by atoms with E-state index in [1.54, 1.807) is 20.0 Å². The number of carboxylic acid groups (broad SMARTS) is 1. The number of hydrogen-bond donors (Lipinski definition) is 2. The van der Waals surface area contributed by atoms with Crippen LogP contribution in [0.25, 0.3) is 10.8 Å². The van der Waals surface area contributed by atoms with Gasteiger partial charge in [0.05, 0.1) is 29.1 Å². The largest absolute Gasteiger partial charge is 0.481 e. The molecular weight excluding hydrogens is 665 g/mol. The number of benzene rings is 1. The minimum Gasteiger partial charge on any atom is -0.481 e. The first-order valence-corrected chi connectivity index (χ1v) is 20.1. The fourth-order valence-electron chi connectivity index (χ4n) is 13.2. The summed E-state index contributed by atoms with van der Waals surface area (Å²) in [6.45, 7) is 19.4. The number of carbonyl (C=O) groups excluding carboxylic acids is 3. The molecule has 8 atom stereocenters. The molecule has 0 radical (unpaired) electrons. The van der Waals surface area contributed by atoms with Crippen LogP contribution < -0.4 is 5.32 Å². The van der Waals surface area contributed by atoms with Gasteiger partial charge < -0.3 is 15.2 Å². The van der Waals surface area contributed by atoms with E-state index in [4.69, 9.17) is 4.74 Å². The maximum Gasteiger partial charge on any atom is 0.309 e. The van der Waals surface area contributed by atoms with Gasteiger partial charge in [-0.15, -0.1) is 0 Å². The minimum atomic E-state index is -1.18. The Morgan fingerprint density at radius 2 is 1.64 bits per heavy atom. The standard InChI is InChI=1S/C45H60N2O6/c1-26(2)36-31(48)22-45(38(50)47-30-25-46-24-27-12-10-11-13-28(27)30)21-20-43(8)29(37(36)45)14-15-33-42(7)18-17-34(53-35(49)23-40(3,4)39(51)52)41(5,6)32(42)16-19-44(33,43)9/h10-13,24-26,29,32-34H,14-23H2,1-9H3,(H,47,50)(H,51,52)/t29?,32?,33?,34-,42-,43+,44+,45+/m0/s1. The maximum absolute atomic E-state index is 14.8. The van der Waals surface area contributed by atoms with Gasteiger partial charge in [-0.25, -0.2) is 0 Å². The van der Waals surface area contributed by atoms with Crippen molar-refractivity contribution in [2.75, 3.05) is 5.32 Å². The summed E-state index contributed by atoms with van der Waals surface area (Å²) < 4.78 is 6.16. The van der Waals surface area contributed by atoms with Gasteiger partial charge in [-0.1, -0.05) is 72.7 Å². The Kier molecular flexibility index (Phi) is 8.90. The second-order valence-electron chi connectivity index (χ2n) is 19.8. The van der Waals surface area contributed by atoms with Gasteiger partial charge in [0.1, 0.15) is 6.10 Å². The quantitative estimate of drug-likeness (QED) is 0.273. The molecular formula is C45H60N2O6. The second kappa shape index (κ2) is 12.5. The number of anilines is 1. The summed E-state index contributed by atoms with van der Waals surface area (Å²) in [4.78, 5) is 58.2. The summed E-state index contributed by atoms with van der Waals surface area (Å²) in [5.74, 6) is -0.404. The van der Waals surface area contributed by atoms with Gasteiger partial charge in [-0.05, 0) is 116 Å². The lowest BCUT2D eigenvalue weighted by Crippen LogP contribution is -2.66. The molecule has 3 unspecified atom stereocenters. The van der Waals surface area contributed by atoms with Crippen LogP contribution >= 0.6 is 0 Å². The fraction of sp³-hybridized carbons (Fsp3) is 0.667. The number of carbonyl (C=O) groups is 4. The fourth-order valence-corrected chi connectivity index (χ4v) is 13.2. The van der Waals surface area contributed by atoms with Crippen LogP contribution in [-0.4, -0.2) is 39.8 Å². The van der Waals surface area contributed by atoms with E-state index in [0.717, 1.165) is 66.9 Å². The Labute approximate surface area is 315 Å². The van der Waals surface area contributed by atoms with Crippen LogP contribution in [0, 0.1) is 56.2 Å². The number of ketones is 1. The van der Waals surface area contributed by atoms with Crippen LogP contribution in [0.5, 0.6) is 0 Å². The number of aromatic nitrogens is 1. The van der Waals surface area contributed by atoms with E-state index in [0.29, 0.717) is 23.9 Å². The Hall–Kier alpha value is -3.55. The molecule has 53 heavy (non-hydrogen) atoms. The van der Waals surface area contributed by atoms with E-state index < -0.39 is 22.8 Å². The van der Waals surface area contributed by atoms with E-state index in [1.807, 2.05) is 30.5 Å². The highest BCUT2D eigenvalue weighted by molar-refractivity contribution is 6.11. The molecule has 1 heterocycles. The second-order valence-corrected chi connectivity index (χ2v) is 19.8. The molecule has 0 aliphatic heterocycles. The van der Waals surface area contributed by atoms with Gasteiger partial charge >= 0.3 is 11.9 Å². The van der Waals surface area contributed by atoms with Crippen molar-refractivity contribution in [3.63, 3.8) is 0 Å². The van der Waals surface area contributed by atoms with Crippen molar-refractivity contribution < 1.29 is 29.0 Å². The van der Waals surface area contributed by atoms with Crippen molar-refractivity contribution in [2.45, 2.75) is 133 Å². The molecule has 286 valence electrons. The predicted octanol–water partition coefficient (Wildman–Crippen LogP) is 9.57. The lowest BCUT2D eigenvalue weighted by atomic mass is 9.33. The molecule has 5 aliphatic carbocycles. The predicted molar refractivity (Wildman–Crippen MR) is 206 cm³/mol. The number of esters is 1. The number of carboxylic acids is 1. The smallest absolute Gasteiger partial charge is 0.309 e. The average Bonchev–Trinajstić information content (AvgIpc) is 3.39. The number of rotatable bonds is 7. The molecule has 7 rings (SSSR count). The summed E-state index contributed by atoms with van der Waals surface area (Å²) >= 11 is 0. The van der Waals surface area contributed by atoms with Crippen LogP contribution in [0.4, 0.5) is 5.69 Å². The van der Waals surface area contributed by atoms with Crippen molar-refractivity contribution in [1.82, 2.24) is 4.98 Å². The van der Waals surface area contributed by atoms with Crippen LogP contribution in [-0.2, 0) is 23.9 Å². The lowest BCUT2D eigenvalue weighted by molar-refractivity contribution is -0.233. The summed E-state index contributed by atoms with van der Waals surface area (Å²) in [5.41, 5.74) is 0.342. The Morgan fingerprint density at radius 3 is 2.34 bits per heavy atom. The first-order valence-electron chi connectivity index (χ1n) is 20.1. The number of amides is 1. The Bertz CT molecular complexity index is 1910. The Morgan fingerprint density at radius 1 is 0.925 bits per heavy atom. The third kappa shape index (κ3) is 5.45. The molecule has 8 heteroatoms. The molecule has 1 aromatic heterocycles. The van der Waals surface area contributed by atoms with Crippen LogP contribution in [0.1, 0.15) is 127 Å². The molecule has 0 saturated heterocycles. The number of nitrogens with zero attached hydrogens (tertiary/aromatic N) is 1. The van der Waals surface area contributed by atoms with Crippen molar-refractivity contribution >= 4 is 40.1 Å². The van der Waals surface area contributed by atoms with Gasteiger partial charge in [-0.2, -0.15) is 0 Å². The molecule has 0 bridgehead atoms. The monoisotopic (exact) mass is 724 g/mol. The Balaban J connectivity index is 1.20. The van der Waals surface area contributed by atoms with E-state index in [-0.39, 0.29) is 64.1 Å². The highest BCUT2D eigenvalue weighted by atomic mass is 16.5. The minimum absolute atomic E-state index is 0.00477. The summed E-state index contributed by atoms with van der Waals surface area (Å²) in [5, 5.41) is 14.8. The van der Waals surface area contributed by atoms with E-state index >= 15 is 0 Å². The highest BCUT2D eigenvalue weighted by Gasteiger charge is 2.71. The zero-order valence-electron chi connectivity index (χ0n) is 33.4. The van der Waals surface area contributed by atoms with E-state index in [1.165, 1.54) is 0 Å². The zero-order valence-corrected chi connectivity index (χ0v) is 33.4. The zero-order chi connectivity index (χ0) is 38.5. The van der Waals surface area contributed by atoms with Crippen molar-refractivity contribution in [3.8, 4) is 0 Å². The lowest BCUT2D eigenvalue weighted by Gasteiger charge is -2.72. The summed E-state index contributed by atoms with van der Waals surface area (Å²) in [7, 11) is 0. The molecule has 1 aromatic carbocycles.